The molecule has 4 heteroatoms. The van der Waals surface area contributed by atoms with Crippen LogP contribution in [-0.4, -0.2) is 30.2 Å². The van der Waals surface area contributed by atoms with E-state index < -0.39 is 0 Å². The van der Waals surface area contributed by atoms with Gasteiger partial charge in [0.2, 0.25) is 0 Å². The molecule has 0 aliphatic carbocycles. The van der Waals surface area contributed by atoms with E-state index in [1.54, 1.807) is 12.5 Å². The van der Waals surface area contributed by atoms with Gasteiger partial charge in [-0.05, 0) is 78.4 Å². The maximum absolute atomic E-state index is 5.25. The van der Waals surface area contributed by atoms with Gasteiger partial charge in [-0.25, -0.2) is 0 Å². The number of nitrogens with zero attached hydrogens (tertiary/aromatic N) is 2. The summed E-state index contributed by atoms with van der Waals surface area (Å²) >= 11 is 0. The zero-order valence-corrected chi connectivity index (χ0v) is 17.3. The highest BCUT2D eigenvalue weighted by Gasteiger charge is 2.19. The largest absolute Gasteiger partial charge is 0.472 e. The first kappa shape index (κ1) is 18.9. The molecule has 4 nitrogen and oxygen atoms in total. The number of fused-ring (bicyclic) bond motifs is 1. The lowest BCUT2D eigenvalue weighted by Crippen LogP contribution is -2.26. The van der Waals surface area contributed by atoms with E-state index in [1.807, 2.05) is 12.3 Å². The molecular weight excluding hydrogens is 370 g/mol. The number of likely N-dealkylation sites (tertiary alicyclic amines) is 1. The number of furan rings is 1. The second-order valence-corrected chi connectivity index (χ2v) is 8.26. The summed E-state index contributed by atoms with van der Waals surface area (Å²) in [5.74, 6) is 0. The number of nitrogens with one attached hydrogen (secondary N) is 1. The van der Waals surface area contributed by atoms with Crippen molar-refractivity contribution in [1.29, 1.82) is 0 Å². The van der Waals surface area contributed by atoms with Crippen LogP contribution in [0.15, 0.2) is 76.7 Å². The number of hydrogen-bond donors (Lipinski definition) is 1. The van der Waals surface area contributed by atoms with Gasteiger partial charge in [0.15, 0.2) is 0 Å². The van der Waals surface area contributed by atoms with Gasteiger partial charge in [-0.15, -0.1) is 0 Å². The Bertz CT molecular complexity index is 1060. The molecule has 5 rings (SSSR count). The molecule has 0 radical (unpaired) electrons. The molecule has 30 heavy (non-hydrogen) atoms. The molecule has 2 aromatic carbocycles. The molecule has 0 bridgehead atoms. The van der Waals surface area contributed by atoms with Gasteiger partial charge in [0.05, 0.1) is 19.1 Å². The third-order valence-electron chi connectivity index (χ3n) is 6.19. The summed E-state index contributed by atoms with van der Waals surface area (Å²) in [5.41, 5.74) is 8.28. The normalized spacial score (nSPS) is 19.9. The summed E-state index contributed by atoms with van der Waals surface area (Å²) < 4.78 is 5.25. The average molecular weight is 398 g/mol. The van der Waals surface area contributed by atoms with Crippen LogP contribution in [0.1, 0.15) is 36.5 Å². The molecule has 1 saturated heterocycles. The molecular formula is C26H27N3O. The number of hydrogen-bond acceptors (Lipinski definition) is 4. The lowest BCUT2D eigenvalue weighted by Gasteiger charge is -2.21. The van der Waals surface area contributed by atoms with Gasteiger partial charge >= 0.3 is 0 Å². The van der Waals surface area contributed by atoms with Crippen molar-refractivity contribution in [2.75, 3.05) is 18.4 Å². The van der Waals surface area contributed by atoms with Crippen molar-refractivity contribution >= 4 is 17.5 Å². The van der Waals surface area contributed by atoms with E-state index in [9.17, 15) is 0 Å². The van der Waals surface area contributed by atoms with Crippen LogP contribution in [0.25, 0.3) is 16.7 Å². The molecule has 1 atom stereocenters. The maximum Gasteiger partial charge on any atom is 0.0980 e. The lowest BCUT2D eigenvalue weighted by atomic mass is 9.94. The summed E-state index contributed by atoms with van der Waals surface area (Å²) in [5, 5.41) is 3.47. The Hall–Kier alpha value is -3.11. The summed E-state index contributed by atoms with van der Waals surface area (Å²) in [6.45, 7) is 5.27. The second kappa shape index (κ2) is 8.33. The molecule has 1 fully saturated rings. The molecule has 0 spiro atoms. The van der Waals surface area contributed by atoms with E-state index in [0.717, 1.165) is 28.9 Å². The summed E-state index contributed by atoms with van der Waals surface area (Å²) in [4.78, 5) is 7.09. The Morgan fingerprint density at radius 2 is 2.03 bits per heavy atom. The Kier molecular flexibility index (Phi) is 5.24. The van der Waals surface area contributed by atoms with E-state index in [0.29, 0.717) is 12.6 Å². The molecule has 1 unspecified atom stereocenters. The van der Waals surface area contributed by atoms with Crippen LogP contribution in [0, 0.1) is 0 Å². The highest BCUT2D eigenvalue weighted by Crippen LogP contribution is 2.29. The lowest BCUT2D eigenvalue weighted by molar-refractivity contribution is 0.260. The minimum Gasteiger partial charge on any atom is -0.472 e. The number of benzene rings is 2. The summed E-state index contributed by atoms with van der Waals surface area (Å²) in [7, 11) is 0. The molecule has 2 aliphatic rings. The highest BCUT2D eigenvalue weighted by molar-refractivity contribution is 5.94. The van der Waals surface area contributed by atoms with Crippen LogP contribution in [0.5, 0.6) is 0 Å². The SMILES string of the molecule is CC1CCCN1Cc1ccc(N/C=C2\CN=Cc3ccc(-c4ccoc4)cc32)cc1. The Morgan fingerprint density at radius 3 is 2.80 bits per heavy atom. The van der Waals surface area contributed by atoms with Crippen LogP contribution < -0.4 is 5.32 Å². The van der Waals surface area contributed by atoms with Crippen molar-refractivity contribution in [2.24, 2.45) is 4.99 Å². The van der Waals surface area contributed by atoms with Crippen LogP contribution in [0.2, 0.25) is 0 Å². The van der Waals surface area contributed by atoms with E-state index in [-0.39, 0.29) is 0 Å². The van der Waals surface area contributed by atoms with E-state index >= 15 is 0 Å². The van der Waals surface area contributed by atoms with Crippen molar-refractivity contribution in [1.82, 2.24) is 4.90 Å². The Morgan fingerprint density at radius 1 is 1.13 bits per heavy atom. The van der Waals surface area contributed by atoms with Crippen LogP contribution in [-0.2, 0) is 6.54 Å². The van der Waals surface area contributed by atoms with Gasteiger partial charge < -0.3 is 9.73 Å². The maximum atomic E-state index is 5.25. The van der Waals surface area contributed by atoms with E-state index in [4.69, 9.17) is 4.42 Å². The van der Waals surface area contributed by atoms with E-state index in [2.05, 4.69) is 70.8 Å². The monoisotopic (exact) mass is 397 g/mol. The molecule has 0 amide bonds. The third-order valence-corrected chi connectivity index (χ3v) is 6.19. The first-order valence-corrected chi connectivity index (χ1v) is 10.7. The first-order valence-electron chi connectivity index (χ1n) is 10.7. The molecule has 2 aliphatic heterocycles. The van der Waals surface area contributed by atoms with Gasteiger partial charge in [0.25, 0.3) is 0 Å². The molecule has 152 valence electrons. The smallest absolute Gasteiger partial charge is 0.0980 e. The quantitative estimate of drug-likeness (QED) is 0.590. The minimum atomic E-state index is 0.680. The predicted octanol–water partition coefficient (Wildman–Crippen LogP) is 5.82. The zero-order chi connectivity index (χ0) is 20.3. The second-order valence-electron chi connectivity index (χ2n) is 8.26. The zero-order valence-electron chi connectivity index (χ0n) is 17.3. The van der Waals surface area contributed by atoms with Crippen molar-refractivity contribution < 1.29 is 4.42 Å². The van der Waals surface area contributed by atoms with Crippen molar-refractivity contribution in [3.63, 3.8) is 0 Å². The Labute approximate surface area is 177 Å². The summed E-state index contributed by atoms with van der Waals surface area (Å²) in [6, 6.07) is 18.0. The van der Waals surface area contributed by atoms with Gasteiger partial charge in [0.1, 0.15) is 0 Å². The van der Waals surface area contributed by atoms with Gasteiger partial charge in [0, 0.05) is 36.3 Å². The van der Waals surface area contributed by atoms with Crippen molar-refractivity contribution in [2.45, 2.75) is 32.4 Å². The van der Waals surface area contributed by atoms with Gasteiger partial charge in [-0.2, -0.15) is 0 Å². The fourth-order valence-corrected chi connectivity index (χ4v) is 4.35. The predicted molar refractivity (Wildman–Crippen MR) is 124 cm³/mol. The topological polar surface area (TPSA) is 40.8 Å². The molecule has 1 N–H and O–H groups in total. The fraction of sp³-hybridized carbons (Fsp3) is 0.269. The third kappa shape index (κ3) is 3.96. The number of aliphatic imine (C=N–C) groups is 1. The molecule has 3 heterocycles. The average Bonchev–Trinajstić information content (AvgIpc) is 3.45. The van der Waals surface area contributed by atoms with Crippen molar-refractivity contribution in [3.05, 3.63) is 83.9 Å². The van der Waals surface area contributed by atoms with Crippen molar-refractivity contribution in [3.8, 4) is 11.1 Å². The van der Waals surface area contributed by atoms with Crippen LogP contribution >= 0.6 is 0 Å². The van der Waals surface area contributed by atoms with E-state index in [1.165, 1.54) is 36.1 Å². The van der Waals surface area contributed by atoms with Crippen LogP contribution in [0.3, 0.4) is 0 Å². The van der Waals surface area contributed by atoms with Gasteiger partial charge in [-0.3, -0.25) is 9.89 Å². The minimum absolute atomic E-state index is 0.680. The summed E-state index contributed by atoms with van der Waals surface area (Å²) in [6.07, 6.45) is 10.2. The number of anilines is 1. The van der Waals surface area contributed by atoms with Crippen LogP contribution in [0.4, 0.5) is 5.69 Å². The molecule has 3 aromatic rings. The highest BCUT2D eigenvalue weighted by atomic mass is 16.3. The number of rotatable bonds is 5. The molecule has 1 aromatic heterocycles. The molecule has 0 saturated carbocycles. The fourth-order valence-electron chi connectivity index (χ4n) is 4.35. The Balaban J connectivity index is 1.31. The standard InChI is InChI=1S/C26H27N3O/c1-19-3-2-11-29(19)17-20-4-8-25(9-5-20)28-16-24-15-27-14-22-7-6-21(13-26(22)24)23-10-12-30-18-23/h4-10,12-14,16,18-19,28H,2-3,11,15,17H2,1H3/b24-16+. The van der Waals surface area contributed by atoms with Gasteiger partial charge in [-0.1, -0.05) is 24.3 Å². The first-order chi connectivity index (χ1) is 14.8.